The van der Waals surface area contributed by atoms with Crippen molar-refractivity contribution in [2.45, 2.75) is 33.3 Å². The van der Waals surface area contributed by atoms with Gasteiger partial charge < -0.3 is 15.2 Å². The molecule has 1 atom stereocenters. The molecule has 2 N–H and O–H groups in total. The Morgan fingerprint density at radius 1 is 1.48 bits per heavy atom. The minimum atomic E-state index is -0.120. The van der Waals surface area contributed by atoms with Crippen LogP contribution in [0.3, 0.4) is 0 Å². The van der Waals surface area contributed by atoms with Crippen LogP contribution < -0.4 is 5.32 Å². The number of ether oxygens (including phenoxy) is 1. The van der Waals surface area contributed by atoms with E-state index in [0.717, 1.165) is 11.1 Å². The summed E-state index contributed by atoms with van der Waals surface area (Å²) in [5.74, 6) is 5.73. The van der Waals surface area contributed by atoms with Gasteiger partial charge in [-0.05, 0) is 38.5 Å². The summed E-state index contributed by atoms with van der Waals surface area (Å²) >= 11 is 0. The first-order valence-corrected chi connectivity index (χ1v) is 7.19. The van der Waals surface area contributed by atoms with Crippen LogP contribution in [0.1, 0.15) is 41.8 Å². The molecule has 4 nitrogen and oxygen atoms in total. The van der Waals surface area contributed by atoms with E-state index >= 15 is 0 Å². The molecule has 0 aliphatic carbocycles. The van der Waals surface area contributed by atoms with Gasteiger partial charge in [-0.2, -0.15) is 0 Å². The first-order chi connectivity index (χ1) is 10.1. The van der Waals surface area contributed by atoms with E-state index in [4.69, 9.17) is 9.84 Å². The number of amides is 1. The third-order valence-electron chi connectivity index (χ3n) is 3.04. The number of aliphatic hydroxyl groups excluding tert-OH is 1. The zero-order valence-electron chi connectivity index (χ0n) is 12.9. The van der Waals surface area contributed by atoms with Gasteiger partial charge in [-0.15, -0.1) is 0 Å². The molecule has 1 rings (SSSR count). The van der Waals surface area contributed by atoms with E-state index in [9.17, 15) is 4.79 Å². The average Bonchev–Trinajstić information content (AvgIpc) is 2.47. The van der Waals surface area contributed by atoms with Crippen molar-refractivity contribution in [3.63, 3.8) is 0 Å². The lowest BCUT2D eigenvalue weighted by atomic mass is 10.0. The van der Waals surface area contributed by atoms with Gasteiger partial charge in [0.2, 0.25) is 0 Å². The van der Waals surface area contributed by atoms with Gasteiger partial charge in [0, 0.05) is 30.7 Å². The predicted octanol–water partition coefficient (Wildman–Crippen LogP) is 1.88. The number of rotatable bonds is 6. The predicted molar refractivity (Wildman–Crippen MR) is 83.2 cm³/mol. The summed E-state index contributed by atoms with van der Waals surface area (Å²) in [6.45, 7) is 6.88. The zero-order valence-corrected chi connectivity index (χ0v) is 12.9. The Hall–Kier alpha value is -1.83. The lowest BCUT2D eigenvalue weighted by Crippen LogP contribution is -2.32. The standard InChI is InChI=1S/C17H23NO3/c1-4-21-13(2)12-18-17(20)16-10-7-9-15(14(16)3)8-5-6-11-19/h7,9-10,13,19H,4,6,11-12H2,1-3H3,(H,18,20). The highest BCUT2D eigenvalue weighted by molar-refractivity contribution is 5.96. The second-order valence-corrected chi connectivity index (χ2v) is 4.73. The maximum Gasteiger partial charge on any atom is 0.251 e. The smallest absolute Gasteiger partial charge is 0.251 e. The van der Waals surface area contributed by atoms with Crippen molar-refractivity contribution in [1.82, 2.24) is 5.32 Å². The summed E-state index contributed by atoms with van der Waals surface area (Å²) in [5, 5.41) is 11.6. The molecule has 1 aromatic rings. The van der Waals surface area contributed by atoms with Gasteiger partial charge in [-0.3, -0.25) is 4.79 Å². The molecule has 0 saturated carbocycles. The van der Waals surface area contributed by atoms with Gasteiger partial charge in [0.1, 0.15) is 0 Å². The number of benzene rings is 1. The summed E-state index contributed by atoms with van der Waals surface area (Å²) in [5.41, 5.74) is 2.29. The fourth-order valence-electron chi connectivity index (χ4n) is 1.91. The van der Waals surface area contributed by atoms with Crippen molar-refractivity contribution in [3.05, 3.63) is 34.9 Å². The van der Waals surface area contributed by atoms with Crippen LogP contribution in [0.15, 0.2) is 18.2 Å². The maximum atomic E-state index is 12.2. The lowest BCUT2D eigenvalue weighted by molar-refractivity contribution is 0.0695. The van der Waals surface area contributed by atoms with Crippen molar-refractivity contribution in [2.75, 3.05) is 19.8 Å². The van der Waals surface area contributed by atoms with Crippen LogP contribution in [0.4, 0.5) is 0 Å². The molecule has 0 saturated heterocycles. The molecule has 21 heavy (non-hydrogen) atoms. The molecule has 4 heteroatoms. The number of nitrogens with one attached hydrogen (secondary N) is 1. The molecule has 0 spiro atoms. The van der Waals surface area contributed by atoms with Crippen molar-refractivity contribution >= 4 is 5.91 Å². The quantitative estimate of drug-likeness (QED) is 0.786. The fourth-order valence-corrected chi connectivity index (χ4v) is 1.91. The van der Waals surface area contributed by atoms with E-state index in [0.29, 0.717) is 25.1 Å². The van der Waals surface area contributed by atoms with Crippen molar-refractivity contribution in [2.24, 2.45) is 0 Å². The summed E-state index contributed by atoms with van der Waals surface area (Å²) in [6, 6.07) is 5.48. The molecule has 0 radical (unpaired) electrons. The lowest BCUT2D eigenvalue weighted by Gasteiger charge is -2.13. The highest BCUT2D eigenvalue weighted by Crippen LogP contribution is 2.13. The summed E-state index contributed by atoms with van der Waals surface area (Å²) in [4.78, 5) is 12.2. The normalized spacial score (nSPS) is 11.4. The van der Waals surface area contributed by atoms with Gasteiger partial charge in [0.15, 0.2) is 0 Å². The summed E-state index contributed by atoms with van der Waals surface area (Å²) in [6.07, 6.45) is 0.425. The van der Waals surface area contributed by atoms with E-state index in [1.54, 1.807) is 6.07 Å². The molecule has 0 aliphatic heterocycles. The topological polar surface area (TPSA) is 58.6 Å². The van der Waals surface area contributed by atoms with Gasteiger partial charge in [0.05, 0.1) is 12.7 Å². The minimum absolute atomic E-state index is 0.00761. The van der Waals surface area contributed by atoms with E-state index in [-0.39, 0.29) is 18.6 Å². The second-order valence-electron chi connectivity index (χ2n) is 4.73. The SMILES string of the molecule is CCOC(C)CNC(=O)c1cccc(C#CCCO)c1C. The van der Waals surface area contributed by atoms with Gasteiger partial charge >= 0.3 is 0 Å². The highest BCUT2D eigenvalue weighted by atomic mass is 16.5. The third kappa shape index (κ3) is 5.58. The molecule has 1 unspecified atom stereocenters. The van der Waals surface area contributed by atoms with Crippen molar-refractivity contribution in [3.8, 4) is 11.8 Å². The summed E-state index contributed by atoms with van der Waals surface area (Å²) < 4.78 is 5.39. The first kappa shape index (κ1) is 17.2. The molecule has 0 aromatic heterocycles. The number of carbonyl (C=O) groups is 1. The van der Waals surface area contributed by atoms with Gasteiger partial charge in [0.25, 0.3) is 5.91 Å². The number of hydrogen-bond donors (Lipinski definition) is 2. The number of carbonyl (C=O) groups excluding carboxylic acids is 1. The van der Waals surface area contributed by atoms with Crippen molar-refractivity contribution < 1.29 is 14.6 Å². The van der Waals surface area contributed by atoms with Crippen LogP contribution in [0.25, 0.3) is 0 Å². The Morgan fingerprint density at radius 2 is 2.24 bits per heavy atom. The molecule has 114 valence electrons. The summed E-state index contributed by atoms with van der Waals surface area (Å²) in [7, 11) is 0. The van der Waals surface area contributed by atoms with E-state index < -0.39 is 0 Å². The van der Waals surface area contributed by atoms with Crippen LogP contribution in [0.2, 0.25) is 0 Å². The van der Waals surface area contributed by atoms with E-state index in [1.807, 2.05) is 32.9 Å². The Balaban J connectivity index is 2.77. The first-order valence-electron chi connectivity index (χ1n) is 7.19. The van der Waals surface area contributed by atoms with E-state index in [1.165, 1.54) is 0 Å². The number of aliphatic hydroxyl groups is 1. The average molecular weight is 289 g/mol. The Labute approximate surface area is 126 Å². The molecular formula is C17H23NO3. The molecule has 1 amide bonds. The monoisotopic (exact) mass is 289 g/mol. The van der Waals surface area contributed by atoms with Gasteiger partial charge in [-0.25, -0.2) is 0 Å². The molecule has 0 aliphatic rings. The van der Waals surface area contributed by atoms with Crippen LogP contribution >= 0.6 is 0 Å². The second kappa shape index (κ2) is 9.17. The molecule has 1 aromatic carbocycles. The highest BCUT2D eigenvalue weighted by Gasteiger charge is 2.11. The molecule has 0 bridgehead atoms. The van der Waals surface area contributed by atoms with Crippen LogP contribution in [-0.4, -0.2) is 36.9 Å². The third-order valence-corrected chi connectivity index (χ3v) is 3.04. The van der Waals surface area contributed by atoms with Gasteiger partial charge in [-0.1, -0.05) is 17.9 Å². The zero-order chi connectivity index (χ0) is 15.7. The van der Waals surface area contributed by atoms with Crippen LogP contribution in [0, 0.1) is 18.8 Å². The maximum absolute atomic E-state index is 12.2. The van der Waals surface area contributed by atoms with E-state index in [2.05, 4.69) is 17.2 Å². The largest absolute Gasteiger partial charge is 0.395 e. The number of hydrogen-bond acceptors (Lipinski definition) is 3. The Morgan fingerprint density at radius 3 is 2.90 bits per heavy atom. The van der Waals surface area contributed by atoms with Crippen LogP contribution in [-0.2, 0) is 4.74 Å². The van der Waals surface area contributed by atoms with Crippen LogP contribution in [0.5, 0.6) is 0 Å². The Kier molecular flexibility index (Phi) is 7.52. The fraction of sp³-hybridized carbons (Fsp3) is 0.471. The molecular weight excluding hydrogens is 266 g/mol. The Bertz CT molecular complexity index is 529. The molecule has 0 heterocycles. The molecule has 0 fully saturated rings. The minimum Gasteiger partial charge on any atom is -0.395 e. The van der Waals surface area contributed by atoms with Crippen molar-refractivity contribution in [1.29, 1.82) is 0 Å².